The molecule has 0 saturated heterocycles. The van der Waals surface area contributed by atoms with E-state index in [1.54, 1.807) is 44.2 Å². The Balaban J connectivity index is 3.49. The van der Waals surface area contributed by atoms with Crippen LogP contribution in [0.3, 0.4) is 0 Å². The number of aliphatic carboxylic acids is 2. The van der Waals surface area contributed by atoms with Crippen LogP contribution in [0.15, 0.2) is 35.9 Å². The molecule has 0 aliphatic rings. The molecule has 0 amide bonds. The molecule has 0 atom stereocenters. The second-order valence-corrected chi connectivity index (χ2v) is 3.92. The Bertz CT molecular complexity index is 442. The minimum Gasteiger partial charge on any atom is -0.477 e. The van der Waals surface area contributed by atoms with Crippen molar-refractivity contribution in [2.24, 2.45) is 5.92 Å². The summed E-state index contributed by atoms with van der Waals surface area (Å²) in [5.74, 6) is -3.00. The van der Waals surface area contributed by atoms with Crippen molar-refractivity contribution in [3.63, 3.8) is 0 Å². The van der Waals surface area contributed by atoms with Gasteiger partial charge in [0.15, 0.2) is 0 Å². The molecule has 0 aliphatic heterocycles. The summed E-state index contributed by atoms with van der Waals surface area (Å²) in [6, 6.07) is 8.71. The number of hydrogen-bond donors (Lipinski definition) is 2. The van der Waals surface area contributed by atoms with Crippen LogP contribution in [0, 0.1) is 5.92 Å². The van der Waals surface area contributed by atoms with Crippen LogP contribution in [0.1, 0.15) is 19.4 Å². The fraction of sp³-hybridized carbons (Fsp3) is 0.231. The highest BCUT2D eigenvalue weighted by Crippen LogP contribution is 2.27. The van der Waals surface area contributed by atoms with Crippen LogP contribution in [-0.4, -0.2) is 22.2 Å². The van der Waals surface area contributed by atoms with E-state index in [1.807, 2.05) is 0 Å². The monoisotopic (exact) mass is 234 g/mol. The van der Waals surface area contributed by atoms with Crippen molar-refractivity contribution in [1.82, 2.24) is 0 Å². The largest absolute Gasteiger partial charge is 0.477 e. The van der Waals surface area contributed by atoms with Crippen LogP contribution in [0.2, 0.25) is 0 Å². The first-order valence-electron chi connectivity index (χ1n) is 5.21. The van der Waals surface area contributed by atoms with Gasteiger partial charge in [0.05, 0.1) is 0 Å². The van der Waals surface area contributed by atoms with E-state index >= 15 is 0 Å². The van der Waals surface area contributed by atoms with Crippen molar-refractivity contribution >= 4 is 17.5 Å². The van der Waals surface area contributed by atoms with Crippen LogP contribution >= 0.6 is 0 Å². The zero-order valence-corrected chi connectivity index (χ0v) is 9.68. The maximum Gasteiger partial charge on any atom is 0.343 e. The fourth-order valence-corrected chi connectivity index (χ4v) is 1.71. The first-order chi connectivity index (χ1) is 7.95. The fourth-order valence-electron chi connectivity index (χ4n) is 1.71. The third-order valence-electron chi connectivity index (χ3n) is 2.36. The molecule has 1 aromatic rings. The molecule has 0 unspecified atom stereocenters. The van der Waals surface area contributed by atoms with Crippen LogP contribution < -0.4 is 0 Å². The van der Waals surface area contributed by atoms with Gasteiger partial charge in [0.1, 0.15) is 5.57 Å². The van der Waals surface area contributed by atoms with Crippen molar-refractivity contribution in [2.45, 2.75) is 13.8 Å². The Hall–Kier alpha value is -2.10. The lowest BCUT2D eigenvalue weighted by molar-refractivity contribution is -0.140. The summed E-state index contributed by atoms with van der Waals surface area (Å²) < 4.78 is 0. The Morgan fingerprint density at radius 3 is 1.82 bits per heavy atom. The van der Waals surface area contributed by atoms with Gasteiger partial charge in [0.2, 0.25) is 0 Å². The van der Waals surface area contributed by atoms with E-state index in [2.05, 4.69) is 0 Å². The number of hydrogen-bond acceptors (Lipinski definition) is 2. The van der Waals surface area contributed by atoms with Crippen molar-refractivity contribution in [2.75, 3.05) is 0 Å². The molecule has 0 radical (unpaired) electrons. The highest BCUT2D eigenvalue weighted by atomic mass is 16.4. The summed E-state index contributed by atoms with van der Waals surface area (Å²) in [6.45, 7) is 3.54. The molecular formula is C13H14O4. The summed E-state index contributed by atoms with van der Waals surface area (Å²) in [7, 11) is 0. The third kappa shape index (κ3) is 2.93. The molecule has 2 N–H and O–H groups in total. The van der Waals surface area contributed by atoms with Gasteiger partial charge in [-0.15, -0.1) is 0 Å². The normalized spacial score (nSPS) is 10.1. The molecule has 1 aromatic carbocycles. The standard InChI is InChI=1S/C13H14O4/c1-8(2)10(9-6-4-3-5-7-9)11(12(14)15)13(16)17/h3-8H,1-2H3,(H,14,15)(H,16,17). The smallest absolute Gasteiger partial charge is 0.343 e. The summed E-state index contributed by atoms with van der Waals surface area (Å²) in [6.07, 6.45) is 0. The van der Waals surface area contributed by atoms with E-state index < -0.39 is 17.5 Å². The molecule has 4 heteroatoms. The number of carboxylic acid groups (broad SMARTS) is 2. The van der Waals surface area contributed by atoms with Gasteiger partial charge in [-0.25, -0.2) is 9.59 Å². The number of benzene rings is 1. The van der Waals surface area contributed by atoms with Crippen molar-refractivity contribution in [1.29, 1.82) is 0 Å². The van der Waals surface area contributed by atoms with Crippen LogP contribution in [0.25, 0.3) is 5.57 Å². The minimum absolute atomic E-state index is 0.181. The van der Waals surface area contributed by atoms with Crippen LogP contribution in [0.4, 0.5) is 0 Å². The highest BCUT2D eigenvalue weighted by Gasteiger charge is 2.24. The lowest BCUT2D eigenvalue weighted by Gasteiger charge is -2.14. The predicted molar refractivity (Wildman–Crippen MR) is 63.5 cm³/mol. The maximum atomic E-state index is 11.0. The maximum absolute atomic E-state index is 11.0. The van der Waals surface area contributed by atoms with Gasteiger partial charge in [0, 0.05) is 0 Å². The molecule has 0 heterocycles. The van der Waals surface area contributed by atoms with Crippen molar-refractivity contribution in [3.8, 4) is 0 Å². The predicted octanol–water partition coefficient (Wildman–Crippen LogP) is 2.27. The number of rotatable bonds is 4. The Morgan fingerprint density at radius 2 is 1.47 bits per heavy atom. The summed E-state index contributed by atoms with van der Waals surface area (Å²) in [5, 5.41) is 18.0. The first kappa shape index (κ1) is 13.0. The van der Waals surface area contributed by atoms with Crippen LogP contribution in [-0.2, 0) is 9.59 Å². The number of carboxylic acids is 2. The van der Waals surface area contributed by atoms with Crippen molar-refractivity contribution in [3.05, 3.63) is 41.5 Å². The average Bonchev–Trinajstić information content (AvgIpc) is 2.25. The van der Waals surface area contributed by atoms with E-state index in [1.165, 1.54) is 0 Å². The van der Waals surface area contributed by atoms with Gasteiger partial charge in [-0.3, -0.25) is 0 Å². The van der Waals surface area contributed by atoms with Gasteiger partial charge < -0.3 is 10.2 Å². The second kappa shape index (κ2) is 5.30. The highest BCUT2D eigenvalue weighted by molar-refractivity contribution is 6.18. The van der Waals surface area contributed by atoms with Gasteiger partial charge in [-0.05, 0) is 17.1 Å². The van der Waals surface area contributed by atoms with Gasteiger partial charge in [0.25, 0.3) is 0 Å². The van der Waals surface area contributed by atoms with E-state index in [9.17, 15) is 9.59 Å². The Kier molecular flexibility index (Phi) is 4.04. The van der Waals surface area contributed by atoms with Gasteiger partial charge >= 0.3 is 11.9 Å². The SMILES string of the molecule is CC(C)C(=C(C(=O)O)C(=O)O)c1ccccc1. The summed E-state index contributed by atoms with van der Waals surface area (Å²) in [4.78, 5) is 22.0. The molecule has 0 bridgehead atoms. The quantitative estimate of drug-likeness (QED) is 0.476. The summed E-state index contributed by atoms with van der Waals surface area (Å²) >= 11 is 0. The minimum atomic E-state index is -1.41. The van der Waals surface area contributed by atoms with E-state index in [4.69, 9.17) is 10.2 Å². The van der Waals surface area contributed by atoms with E-state index in [0.717, 1.165) is 0 Å². The lowest BCUT2D eigenvalue weighted by atomic mass is 9.90. The average molecular weight is 234 g/mol. The topological polar surface area (TPSA) is 74.6 Å². The Morgan fingerprint density at radius 1 is 1.00 bits per heavy atom. The number of carbonyl (C=O) groups is 2. The molecule has 0 aromatic heterocycles. The van der Waals surface area contributed by atoms with Gasteiger partial charge in [-0.2, -0.15) is 0 Å². The first-order valence-corrected chi connectivity index (χ1v) is 5.21. The molecule has 90 valence electrons. The van der Waals surface area contributed by atoms with Gasteiger partial charge in [-0.1, -0.05) is 44.2 Å². The van der Waals surface area contributed by atoms with E-state index in [0.29, 0.717) is 11.1 Å². The second-order valence-electron chi connectivity index (χ2n) is 3.92. The molecule has 1 rings (SSSR count). The molecule has 17 heavy (non-hydrogen) atoms. The zero-order chi connectivity index (χ0) is 13.0. The van der Waals surface area contributed by atoms with E-state index in [-0.39, 0.29) is 5.92 Å². The Labute approximate surface area is 99.2 Å². The zero-order valence-electron chi connectivity index (χ0n) is 9.68. The van der Waals surface area contributed by atoms with Crippen LogP contribution in [0.5, 0.6) is 0 Å². The molecule has 0 saturated carbocycles. The molecule has 0 spiro atoms. The summed E-state index contributed by atoms with van der Waals surface area (Å²) in [5.41, 5.74) is 0.402. The van der Waals surface area contributed by atoms with Crippen molar-refractivity contribution < 1.29 is 19.8 Å². The third-order valence-corrected chi connectivity index (χ3v) is 2.36. The molecule has 4 nitrogen and oxygen atoms in total. The lowest BCUT2D eigenvalue weighted by Crippen LogP contribution is -2.16. The molecule has 0 aliphatic carbocycles. The molecular weight excluding hydrogens is 220 g/mol. The molecule has 0 fully saturated rings. The number of allylic oxidation sites excluding steroid dienone is 1.